The van der Waals surface area contributed by atoms with Crippen molar-refractivity contribution in [1.82, 2.24) is 10.2 Å². The van der Waals surface area contributed by atoms with Crippen LogP contribution >= 0.6 is 0 Å². The predicted molar refractivity (Wildman–Crippen MR) is 78.2 cm³/mol. The number of aryl methyl sites for hydroxylation is 1. The molecule has 1 aromatic heterocycles. The molecule has 104 valence electrons. The Balaban J connectivity index is 3.11. The smallest absolute Gasteiger partial charge is 0.169 e. The van der Waals surface area contributed by atoms with E-state index < -0.39 is 0 Å². The quantitative estimate of drug-likeness (QED) is 0.789. The minimum absolute atomic E-state index is 0.640. The minimum atomic E-state index is 0.640. The lowest BCUT2D eigenvalue weighted by molar-refractivity contribution is 0.582. The molecule has 0 bridgehead atoms. The summed E-state index contributed by atoms with van der Waals surface area (Å²) in [7, 11) is 1.98. The van der Waals surface area contributed by atoms with Crippen molar-refractivity contribution in [2.24, 2.45) is 5.92 Å². The Morgan fingerprint density at radius 3 is 2.37 bits per heavy atom. The summed E-state index contributed by atoms with van der Waals surface area (Å²) < 4.78 is 0. The fraction of sp³-hybridized carbons (Fsp3) is 0.667. The molecule has 0 fully saturated rings. The summed E-state index contributed by atoms with van der Waals surface area (Å²) in [6.45, 7) is 9.40. The predicted octanol–water partition coefficient (Wildman–Crippen LogP) is 2.96. The molecule has 1 aromatic rings. The van der Waals surface area contributed by atoms with Gasteiger partial charge in [0, 0.05) is 13.6 Å². The molecule has 0 aliphatic rings. The Labute approximate surface area is 116 Å². The maximum absolute atomic E-state index is 9.43. The van der Waals surface area contributed by atoms with E-state index in [-0.39, 0.29) is 0 Å². The van der Waals surface area contributed by atoms with Crippen LogP contribution in [-0.4, -0.2) is 23.8 Å². The highest BCUT2D eigenvalue weighted by molar-refractivity contribution is 5.57. The van der Waals surface area contributed by atoms with Crippen molar-refractivity contribution >= 4 is 5.82 Å². The standard InChI is InChI=1S/C15H24N4/c1-6-12-13(10-16)15(18-17-14(12)7-2)19(5)9-8-11(3)4/h11H,6-9H2,1-5H3. The second-order valence-corrected chi connectivity index (χ2v) is 5.25. The van der Waals surface area contributed by atoms with E-state index in [1.54, 1.807) is 0 Å². The second kappa shape index (κ2) is 7.08. The van der Waals surface area contributed by atoms with Crippen LogP contribution in [0.4, 0.5) is 5.82 Å². The van der Waals surface area contributed by atoms with E-state index in [1.807, 2.05) is 18.9 Å². The summed E-state index contributed by atoms with van der Waals surface area (Å²) in [5.41, 5.74) is 2.69. The fourth-order valence-electron chi connectivity index (χ4n) is 2.10. The normalized spacial score (nSPS) is 10.6. The molecule has 1 rings (SSSR count). The first-order chi connectivity index (χ1) is 9.04. The molecule has 0 aliphatic carbocycles. The highest BCUT2D eigenvalue weighted by Crippen LogP contribution is 2.22. The molecule has 0 aromatic carbocycles. The lowest BCUT2D eigenvalue weighted by atomic mass is 10.0. The second-order valence-electron chi connectivity index (χ2n) is 5.25. The molecule has 19 heavy (non-hydrogen) atoms. The topological polar surface area (TPSA) is 52.8 Å². The number of anilines is 1. The molecule has 0 saturated carbocycles. The Hall–Kier alpha value is -1.63. The van der Waals surface area contributed by atoms with E-state index in [0.29, 0.717) is 11.5 Å². The van der Waals surface area contributed by atoms with Crippen LogP contribution in [0.15, 0.2) is 0 Å². The number of hydrogen-bond donors (Lipinski definition) is 0. The van der Waals surface area contributed by atoms with Crippen LogP contribution < -0.4 is 4.90 Å². The van der Waals surface area contributed by atoms with Crippen LogP contribution in [0.1, 0.15) is 50.9 Å². The SMILES string of the molecule is CCc1nnc(N(C)CCC(C)C)c(C#N)c1CC. The Morgan fingerprint density at radius 2 is 1.89 bits per heavy atom. The summed E-state index contributed by atoms with van der Waals surface area (Å²) >= 11 is 0. The van der Waals surface area contributed by atoms with Crippen molar-refractivity contribution in [3.8, 4) is 6.07 Å². The van der Waals surface area contributed by atoms with Crippen LogP contribution in [0, 0.1) is 17.2 Å². The lowest BCUT2D eigenvalue weighted by Crippen LogP contribution is -2.23. The van der Waals surface area contributed by atoms with Crippen molar-refractivity contribution in [3.05, 3.63) is 16.8 Å². The average molecular weight is 260 g/mol. The van der Waals surface area contributed by atoms with Crippen molar-refractivity contribution in [1.29, 1.82) is 5.26 Å². The lowest BCUT2D eigenvalue weighted by Gasteiger charge is -2.21. The van der Waals surface area contributed by atoms with Gasteiger partial charge in [-0.2, -0.15) is 10.4 Å². The van der Waals surface area contributed by atoms with Gasteiger partial charge < -0.3 is 4.90 Å². The van der Waals surface area contributed by atoms with E-state index >= 15 is 0 Å². The molecule has 0 atom stereocenters. The Bertz CT molecular complexity index is 460. The van der Waals surface area contributed by atoms with Gasteiger partial charge in [-0.25, -0.2) is 0 Å². The largest absolute Gasteiger partial charge is 0.357 e. The zero-order valence-electron chi connectivity index (χ0n) is 12.7. The van der Waals surface area contributed by atoms with Crippen LogP contribution in [0.25, 0.3) is 0 Å². The molecule has 0 spiro atoms. The molecular weight excluding hydrogens is 236 g/mol. The van der Waals surface area contributed by atoms with Crippen molar-refractivity contribution in [2.45, 2.75) is 47.0 Å². The van der Waals surface area contributed by atoms with E-state index in [1.165, 1.54) is 0 Å². The third-order valence-electron chi connectivity index (χ3n) is 3.34. The van der Waals surface area contributed by atoms with Crippen LogP contribution in [-0.2, 0) is 12.8 Å². The van der Waals surface area contributed by atoms with Gasteiger partial charge in [-0.1, -0.05) is 27.7 Å². The van der Waals surface area contributed by atoms with Crippen molar-refractivity contribution < 1.29 is 0 Å². The molecule has 0 radical (unpaired) electrons. The third-order valence-corrected chi connectivity index (χ3v) is 3.34. The van der Waals surface area contributed by atoms with E-state index in [0.717, 1.165) is 42.9 Å². The first-order valence-electron chi connectivity index (χ1n) is 7.04. The summed E-state index contributed by atoms with van der Waals surface area (Å²) in [6, 6.07) is 2.31. The zero-order chi connectivity index (χ0) is 14.4. The average Bonchev–Trinajstić information content (AvgIpc) is 2.42. The fourth-order valence-corrected chi connectivity index (χ4v) is 2.10. The van der Waals surface area contributed by atoms with E-state index in [2.05, 4.69) is 37.0 Å². The molecule has 0 amide bonds. The van der Waals surface area contributed by atoms with Crippen LogP contribution in [0.2, 0.25) is 0 Å². The molecule has 0 aliphatic heterocycles. The van der Waals surface area contributed by atoms with Gasteiger partial charge in [-0.05, 0) is 30.7 Å². The molecule has 0 saturated heterocycles. The van der Waals surface area contributed by atoms with Crippen molar-refractivity contribution in [3.63, 3.8) is 0 Å². The van der Waals surface area contributed by atoms with E-state index in [9.17, 15) is 5.26 Å². The third kappa shape index (κ3) is 3.66. The molecule has 1 heterocycles. The summed E-state index contributed by atoms with van der Waals surface area (Å²) in [5.74, 6) is 1.36. The van der Waals surface area contributed by atoms with Crippen LogP contribution in [0.5, 0.6) is 0 Å². The molecule has 0 unspecified atom stereocenters. The summed E-state index contributed by atoms with van der Waals surface area (Å²) in [6.07, 6.45) is 2.73. The van der Waals surface area contributed by atoms with Gasteiger partial charge in [0.1, 0.15) is 11.6 Å². The van der Waals surface area contributed by atoms with Gasteiger partial charge in [0.05, 0.1) is 5.69 Å². The van der Waals surface area contributed by atoms with Gasteiger partial charge >= 0.3 is 0 Å². The molecular formula is C15H24N4. The highest BCUT2D eigenvalue weighted by Gasteiger charge is 2.17. The van der Waals surface area contributed by atoms with E-state index in [4.69, 9.17) is 0 Å². The number of hydrogen-bond acceptors (Lipinski definition) is 4. The highest BCUT2D eigenvalue weighted by atomic mass is 15.2. The van der Waals surface area contributed by atoms with Gasteiger partial charge in [0.2, 0.25) is 0 Å². The number of nitrogens with zero attached hydrogens (tertiary/aromatic N) is 4. The first kappa shape index (κ1) is 15.4. The summed E-state index contributed by atoms with van der Waals surface area (Å²) in [5, 5.41) is 18.0. The van der Waals surface area contributed by atoms with Crippen molar-refractivity contribution in [2.75, 3.05) is 18.5 Å². The summed E-state index contributed by atoms with van der Waals surface area (Å²) in [4.78, 5) is 2.05. The van der Waals surface area contributed by atoms with Crippen LogP contribution in [0.3, 0.4) is 0 Å². The molecule has 4 heteroatoms. The minimum Gasteiger partial charge on any atom is -0.357 e. The molecule has 0 N–H and O–H groups in total. The number of nitriles is 1. The zero-order valence-corrected chi connectivity index (χ0v) is 12.7. The van der Waals surface area contributed by atoms with Gasteiger partial charge in [0.15, 0.2) is 5.82 Å². The van der Waals surface area contributed by atoms with Gasteiger partial charge in [-0.15, -0.1) is 5.10 Å². The first-order valence-corrected chi connectivity index (χ1v) is 7.04. The number of rotatable bonds is 6. The maximum Gasteiger partial charge on any atom is 0.169 e. The Morgan fingerprint density at radius 1 is 1.21 bits per heavy atom. The number of aromatic nitrogens is 2. The Kier molecular flexibility index (Phi) is 5.75. The molecule has 4 nitrogen and oxygen atoms in total. The maximum atomic E-state index is 9.43. The van der Waals surface area contributed by atoms with Gasteiger partial charge in [0.25, 0.3) is 0 Å². The monoisotopic (exact) mass is 260 g/mol. The van der Waals surface area contributed by atoms with Gasteiger partial charge in [-0.3, -0.25) is 0 Å².